The number of hydrogen-bond donors (Lipinski definition) is 0. The highest BCUT2D eigenvalue weighted by Gasteiger charge is 2.28. The summed E-state index contributed by atoms with van der Waals surface area (Å²) in [7, 11) is 4.28. The Bertz CT molecular complexity index is 1070. The van der Waals surface area contributed by atoms with Gasteiger partial charge in [0.15, 0.2) is 0 Å². The first-order valence-corrected chi connectivity index (χ1v) is 10.2. The maximum absolute atomic E-state index is 4.28. The summed E-state index contributed by atoms with van der Waals surface area (Å²) < 4.78 is 5.03. The number of hydrogen-bond acceptors (Lipinski definition) is 1. The first-order chi connectivity index (χ1) is 12.9. The SMILES string of the molecule is C=C(/C=C\C)N(C)C(c1c(C)ccc2c1sc1ccccc12)=[N+](C)C(C)C. The third kappa shape index (κ3) is 3.44. The average Bonchev–Trinajstić information content (AvgIpc) is 3.02. The molecule has 0 unspecified atom stereocenters. The maximum Gasteiger partial charge on any atom is 0.285 e. The van der Waals surface area contributed by atoms with E-state index in [0.717, 1.165) is 5.70 Å². The monoisotopic (exact) mass is 377 g/mol. The van der Waals surface area contributed by atoms with Crippen LogP contribution in [0.1, 0.15) is 31.9 Å². The molecule has 0 saturated heterocycles. The number of benzene rings is 2. The van der Waals surface area contributed by atoms with E-state index in [9.17, 15) is 0 Å². The highest BCUT2D eigenvalue weighted by Crippen LogP contribution is 2.37. The summed E-state index contributed by atoms with van der Waals surface area (Å²) in [6.07, 6.45) is 4.10. The van der Waals surface area contributed by atoms with Gasteiger partial charge in [0.25, 0.3) is 5.84 Å². The van der Waals surface area contributed by atoms with Gasteiger partial charge in [-0.2, -0.15) is 0 Å². The molecule has 2 aromatic carbocycles. The zero-order valence-corrected chi connectivity index (χ0v) is 18.0. The van der Waals surface area contributed by atoms with Crippen LogP contribution in [0.5, 0.6) is 0 Å². The lowest BCUT2D eigenvalue weighted by atomic mass is 10.0. The Hall–Kier alpha value is -2.39. The molecule has 0 amide bonds. The van der Waals surface area contributed by atoms with Crippen molar-refractivity contribution in [2.45, 2.75) is 33.7 Å². The summed E-state index contributed by atoms with van der Waals surface area (Å²) >= 11 is 1.88. The number of likely N-dealkylation sites (N-methyl/N-ethyl adjacent to an activating group) is 1. The van der Waals surface area contributed by atoms with Crippen LogP contribution in [0.25, 0.3) is 20.2 Å². The molecule has 0 N–H and O–H groups in total. The fraction of sp³-hybridized carbons (Fsp3) is 0.292. The lowest BCUT2D eigenvalue weighted by Gasteiger charge is -2.21. The zero-order valence-electron chi connectivity index (χ0n) is 17.2. The maximum atomic E-state index is 4.28. The molecule has 0 bridgehead atoms. The first kappa shape index (κ1) is 19.4. The predicted octanol–water partition coefficient (Wildman–Crippen LogP) is 6.18. The minimum Gasteiger partial charge on any atom is -0.262 e. The lowest BCUT2D eigenvalue weighted by molar-refractivity contribution is -0.533. The Balaban J connectivity index is 2.38. The Kier molecular flexibility index (Phi) is 5.52. The van der Waals surface area contributed by atoms with E-state index in [1.807, 2.05) is 24.3 Å². The smallest absolute Gasteiger partial charge is 0.262 e. The van der Waals surface area contributed by atoms with Crippen molar-refractivity contribution in [1.29, 1.82) is 0 Å². The molecule has 0 saturated carbocycles. The fourth-order valence-electron chi connectivity index (χ4n) is 3.43. The predicted molar refractivity (Wildman–Crippen MR) is 121 cm³/mol. The molecule has 27 heavy (non-hydrogen) atoms. The van der Waals surface area contributed by atoms with Crippen molar-refractivity contribution in [3.05, 3.63) is 72.0 Å². The number of nitrogens with zero attached hydrogens (tertiary/aromatic N) is 2. The minimum atomic E-state index is 0.380. The Morgan fingerprint density at radius 3 is 2.52 bits per heavy atom. The molecule has 1 heterocycles. The number of aryl methyl sites for hydroxylation is 1. The van der Waals surface area contributed by atoms with Gasteiger partial charge in [0.05, 0.1) is 30.4 Å². The number of allylic oxidation sites excluding steroid dienone is 2. The topological polar surface area (TPSA) is 6.25 Å². The number of amidine groups is 1. The fourth-order valence-corrected chi connectivity index (χ4v) is 4.73. The van der Waals surface area contributed by atoms with Gasteiger partial charge < -0.3 is 0 Å². The van der Waals surface area contributed by atoms with E-state index in [2.05, 4.69) is 93.4 Å². The molecule has 2 nitrogen and oxygen atoms in total. The highest BCUT2D eigenvalue weighted by atomic mass is 32.1. The van der Waals surface area contributed by atoms with Crippen molar-refractivity contribution in [1.82, 2.24) is 4.90 Å². The molecule has 0 atom stereocenters. The Labute approximate surface area is 166 Å². The van der Waals surface area contributed by atoms with Crippen LogP contribution in [0, 0.1) is 6.92 Å². The number of thiophene rings is 1. The summed E-state index contributed by atoms with van der Waals surface area (Å²) in [6, 6.07) is 13.6. The van der Waals surface area contributed by atoms with Crippen LogP contribution in [0.15, 0.2) is 60.8 Å². The van der Waals surface area contributed by atoms with Crippen molar-refractivity contribution in [3.8, 4) is 0 Å². The standard InChI is InChI=1S/C24H29N2S/c1-8-11-18(5)26(7)24(25(6)16(2)3)22-17(4)14-15-20-19-12-9-10-13-21(19)27-23(20)22/h8-16H,5H2,1-4,6-7H3/q+1/b11-8-. The van der Waals surface area contributed by atoms with Crippen LogP contribution < -0.4 is 0 Å². The Morgan fingerprint density at radius 2 is 1.85 bits per heavy atom. The highest BCUT2D eigenvalue weighted by molar-refractivity contribution is 7.26. The van der Waals surface area contributed by atoms with Crippen LogP contribution in [-0.4, -0.2) is 35.4 Å². The van der Waals surface area contributed by atoms with Gasteiger partial charge in [-0.05, 0) is 45.4 Å². The summed E-state index contributed by atoms with van der Waals surface area (Å²) in [5.41, 5.74) is 3.58. The van der Waals surface area contributed by atoms with Crippen molar-refractivity contribution in [3.63, 3.8) is 0 Å². The molecule has 0 radical (unpaired) electrons. The van der Waals surface area contributed by atoms with E-state index in [1.165, 1.54) is 37.1 Å². The second kappa shape index (κ2) is 7.69. The van der Waals surface area contributed by atoms with E-state index in [4.69, 9.17) is 0 Å². The lowest BCUT2D eigenvalue weighted by Crippen LogP contribution is -2.37. The first-order valence-electron chi connectivity index (χ1n) is 9.43. The third-order valence-electron chi connectivity index (χ3n) is 5.20. The molecule has 0 aliphatic rings. The molecule has 140 valence electrons. The van der Waals surface area contributed by atoms with Gasteiger partial charge >= 0.3 is 0 Å². The number of fused-ring (bicyclic) bond motifs is 3. The Morgan fingerprint density at radius 1 is 1.15 bits per heavy atom. The zero-order chi connectivity index (χ0) is 19.7. The van der Waals surface area contributed by atoms with Crippen molar-refractivity contribution >= 4 is 37.3 Å². The van der Waals surface area contributed by atoms with Crippen LogP contribution in [0.4, 0.5) is 0 Å². The normalized spacial score (nSPS) is 13.0. The van der Waals surface area contributed by atoms with Crippen molar-refractivity contribution in [2.75, 3.05) is 14.1 Å². The summed E-state index contributed by atoms with van der Waals surface area (Å²) in [5.74, 6) is 1.20. The molecule has 0 aliphatic carbocycles. The van der Waals surface area contributed by atoms with Crippen molar-refractivity contribution in [2.24, 2.45) is 0 Å². The van der Waals surface area contributed by atoms with Gasteiger partial charge in [0.1, 0.15) is 5.70 Å². The van der Waals surface area contributed by atoms with E-state index in [0.29, 0.717) is 6.04 Å². The van der Waals surface area contributed by atoms with Crippen LogP contribution in [0.2, 0.25) is 0 Å². The van der Waals surface area contributed by atoms with E-state index in [-0.39, 0.29) is 0 Å². The molecular formula is C24H29N2S+. The van der Waals surface area contributed by atoms with Gasteiger partial charge in [-0.1, -0.05) is 43.0 Å². The van der Waals surface area contributed by atoms with Crippen LogP contribution in [0.3, 0.4) is 0 Å². The average molecular weight is 378 g/mol. The third-order valence-corrected chi connectivity index (χ3v) is 6.40. The van der Waals surface area contributed by atoms with Crippen molar-refractivity contribution < 1.29 is 4.58 Å². The van der Waals surface area contributed by atoms with E-state index in [1.54, 1.807) is 0 Å². The summed E-state index contributed by atoms with van der Waals surface area (Å²) in [6.45, 7) is 13.0. The molecule has 3 aromatic rings. The molecule has 0 fully saturated rings. The van der Waals surface area contributed by atoms with Gasteiger partial charge in [-0.3, -0.25) is 4.58 Å². The van der Waals surface area contributed by atoms with E-state index >= 15 is 0 Å². The van der Waals surface area contributed by atoms with Gasteiger partial charge in [-0.15, -0.1) is 11.3 Å². The second-order valence-corrected chi connectivity index (χ2v) is 8.36. The molecule has 3 rings (SSSR count). The summed E-state index contributed by atoms with van der Waals surface area (Å²) in [5, 5.41) is 2.66. The molecule has 1 aromatic heterocycles. The minimum absolute atomic E-state index is 0.380. The summed E-state index contributed by atoms with van der Waals surface area (Å²) in [4.78, 5) is 2.21. The number of rotatable bonds is 4. The molecular weight excluding hydrogens is 348 g/mol. The molecule has 0 aliphatic heterocycles. The van der Waals surface area contributed by atoms with Crippen LogP contribution in [-0.2, 0) is 0 Å². The van der Waals surface area contributed by atoms with Gasteiger partial charge in [0.2, 0.25) is 0 Å². The largest absolute Gasteiger partial charge is 0.285 e. The van der Waals surface area contributed by atoms with Crippen LogP contribution >= 0.6 is 11.3 Å². The quantitative estimate of drug-likeness (QED) is 0.228. The van der Waals surface area contributed by atoms with Gasteiger partial charge in [-0.25, -0.2) is 4.90 Å². The van der Waals surface area contributed by atoms with Gasteiger partial charge in [0, 0.05) is 15.5 Å². The second-order valence-electron chi connectivity index (χ2n) is 7.31. The van der Waals surface area contributed by atoms with E-state index < -0.39 is 0 Å². The molecule has 3 heteroatoms. The molecule has 0 spiro atoms.